The molecule has 7 nitrogen and oxygen atoms in total. The first-order valence-electron chi connectivity index (χ1n) is 9.82. The third-order valence-corrected chi connectivity index (χ3v) is 4.54. The van der Waals surface area contributed by atoms with E-state index in [-0.39, 0.29) is 30.3 Å². The average molecular weight is 390 g/mol. The maximum atomic E-state index is 12.9. The van der Waals surface area contributed by atoms with Crippen LogP contribution in [0, 0.1) is 5.92 Å². The summed E-state index contributed by atoms with van der Waals surface area (Å²) in [5.41, 5.74) is 0.451. The van der Waals surface area contributed by atoms with Crippen LogP contribution in [0.2, 0.25) is 0 Å². The van der Waals surface area contributed by atoms with Crippen molar-refractivity contribution in [2.75, 3.05) is 19.7 Å². The van der Waals surface area contributed by atoms with Crippen molar-refractivity contribution in [2.45, 2.75) is 52.7 Å². The Balaban J connectivity index is 2.08. The zero-order valence-corrected chi connectivity index (χ0v) is 17.1. The first kappa shape index (κ1) is 21.7. The van der Waals surface area contributed by atoms with Gasteiger partial charge in [0.15, 0.2) is 0 Å². The second-order valence-corrected chi connectivity index (χ2v) is 7.45. The number of rotatable bonds is 8. The van der Waals surface area contributed by atoms with Crippen molar-refractivity contribution in [1.29, 1.82) is 0 Å². The van der Waals surface area contributed by atoms with E-state index in [4.69, 9.17) is 9.47 Å². The average Bonchev–Trinajstić information content (AvgIpc) is 2.68. The van der Waals surface area contributed by atoms with Crippen LogP contribution in [0.15, 0.2) is 24.3 Å². The summed E-state index contributed by atoms with van der Waals surface area (Å²) in [5, 5.41) is 2.72. The molecular weight excluding hydrogens is 360 g/mol. The van der Waals surface area contributed by atoms with E-state index >= 15 is 0 Å². The van der Waals surface area contributed by atoms with E-state index in [2.05, 4.69) is 5.32 Å². The van der Waals surface area contributed by atoms with E-state index in [1.165, 1.54) is 4.90 Å². The number of carbonyl (C=O) groups excluding carboxylic acids is 3. The van der Waals surface area contributed by atoms with Gasteiger partial charge in [0.1, 0.15) is 11.8 Å². The summed E-state index contributed by atoms with van der Waals surface area (Å²) in [6, 6.07) is 5.99. The lowest BCUT2D eigenvalue weighted by Gasteiger charge is -2.34. The minimum atomic E-state index is -0.864. The number of nitrogens with one attached hydrogen (secondary N) is 1. The topological polar surface area (TPSA) is 84.9 Å². The number of esters is 1. The number of piperazine rings is 1. The van der Waals surface area contributed by atoms with Gasteiger partial charge in [-0.25, -0.2) is 0 Å². The number of nitrogens with zero attached hydrogens (tertiary/aromatic N) is 1. The van der Waals surface area contributed by atoms with Crippen LogP contribution in [0.25, 0.3) is 0 Å². The Labute approximate surface area is 166 Å². The smallest absolute Gasteiger partial charge is 0.308 e. The number of hydrogen-bond acceptors (Lipinski definition) is 5. The van der Waals surface area contributed by atoms with Crippen molar-refractivity contribution in [3.05, 3.63) is 29.8 Å². The second kappa shape index (κ2) is 10.1. The minimum Gasteiger partial charge on any atom is -0.491 e. The molecule has 1 fully saturated rings. The van der Waals surface area contributed by atoms with E-state index in [1.54, 1.807) is 24.3 Å². The maximum Gasteiger partial charge on any atom is 0.308 e. The molecule has 0 aliphatic carbocycles. The predicted molar refractivity (Wildman–Crippen MR) is 105 cm³/mol. The lowest BCUT2D eigenvalue weighted by atomic mass is 10.1. The molecule has 0 saturated carbocycles. The summed E-state index contributed by atoms with van der Waals surface area (Å²) < 4.78 is 10.9. The molecule has 1 N–H and O–H groups in total. The summed E-state index contributed by atoms with van der Waals surface area (Å²) >= 11 is 0. The van der Waals surface area contributed by atoms with Gasteiger partial charge in [0.05, 0.1) is 19.1 Å². The van der Waals surface area contributed by atoms with E-state index < -0.39 is 12.0 Å². The van der Waals surface area contributed by atoms with Crippen molar-refractivity contribution in [2.24, 2.45) is 5.92 Å². The fourth-order valence-corrected chi connectivity index (χ4v) is 2.79. The molecule has 0 aromatic heterocycles. The van der Waals surface area contributed by atoms with E-state index in [0.29, 0.717) is 31.0 Å². The largest absolute Gasteiger partial charge is 0.491 e. The monoisotopic (exact) mass is 390 g/mol. The highest BCUT2D eigenvalue weighted by Crippen LogP contribution is 2.19. The third kappa shape index (κ3) is 5.97. The Morgan fingerprint density at radius 1 is 1.21 bits per heavy atom. The van der Waals surface area contributed by atoms with Gasteiger partial charge < -0.3 is 19.7 Å². The number of carbonyl (C=O) groups is 3. The lowest BCUT2D eigenvalue weighted by Crippen LogP contribution is -2.57. The zero-order chi connectivity index (χ0) is 20.7. The fraction of sp³-hybridized carbons (Fsp3) is 0.571. The van der Waals surface area contributed by atoms with Crippen LogP contribution in [-0.2, 0) is 14.3 Å². The molecule has 2 unspecified atom stereocenters. The highest BCUT2D eigenvalue weighted by Gasteiger charge is 2.35. The van der Waals surface area contributed by atoms with Crippen LogP contribution in [0.4, 0.5) is 0 Å². The van der Waals surface area contributed by atoms with Crippen LogP contribution >= 0.6 is 0 Å². The number of amides is 2. The predicted octanol–water partition coefficient (Wildman–Crippen LogP) is 2.39. The fourth-order valence-electron chi connectivity index (χ4n) is 2.79. The molecule has 2 atom stereocenters. The minimum absolute atomic E-state index is 0.0913. The molecule has 0 bridgehead atoms. The molecule has 1 aliphatic heterocycles. The quantitative estimate of drug-likeness (QED) is 0.689. The van der Waals surface area contributed by atoms with Gasteiger partial charge in [0, 0.05) is 18.7 Å². The van der Waals surface area contributed by atoms with Gasteiger partial charge in [-0.05, 0) is 43.5 Å². The Morgan fingerprint density at radius 3 is 2.50 bits per heavy atom. The molecular formula is C21H30N2O5. The van der Waals surface area contributed by atoms with Crippen molar-refractivity contribution in [3.63, 3.8) is 0 Å². The van der Waals surface area contributed by atoms with Crippen LogP contribution in [0.5, 0.6) is 5.75 Å². The van der Waals surface area contributed by atoms with E-state index in [9.17, 15) is 14.4 Å². The SMILES string of the molecule is CCC(C)Oc1ccc(C(=O)N2CCNC(=O)C2CC(=O)OCC(C)C)cc1. The Morgan fingerprint density at radius 2 is 1.89 bits per heavy atom. The summed E-state index contributed by atoms with van der Waals surface area (Å²) in [7, 11) is 0. The van der Waals surface area contributed by atoms with Crippen molar-refractivity contribution < 1.29 is 23.9 Å². The zero-order valence-electron chi connectivity index (χ0n) is 17.1. The maximum absolute atomic E-state index is 12.9. The van der Waals surface area contributed by atoms with Crippen LogP contribution in [-0.4, -0.2) is 54.5 Å². The molecule has 2 amide bonds. The second-order valence-electron chi connectivity index (χ2n) is 7.45. The Kier molecular flexibility index (Phi) is 7.84. The highest BCUT2D eigenvalue weighted by atomic mass is 16.5. The molecule has 7 heteroatoms. The lowest BCUT2D eigenvalue weighted by molar-refractivity contribution is -0.148. The first-order valence-corrected chi connectivity index (χ1v) is 9.82. The van der Waals surface area contributed by atoms with Gasteiger partial charge in [-0.2, -0.15) is 0 Å². The van der Waals surface area contributed by atoms with Gasteiger partial charge >= 0.3 is 5.97 Å². The Hall–Kier alpha value is -2.57. The number of hydrogen-bond donors (Lipinski definition) is 1. The first-order chi connectivity index (χ1) is 13.3. The normalized spacial score (nSPS) is 17.8. The van der Waals surface area contributed by atoms with E-state index in [1.807, 2.05) is 27.7 Å². The molecule has 0 radical (unpaired) electrons. The molecule has 1 saturated heterocycles. The van der Waals surface area contributed by atoms with Crippen molar-refractivity contribution in [3.8, 4) is 5.75 Å². The third-order valence-electron chi connectivity index (χ3n) is 4.54. The molecule has 1 aromatic rings. The molecule has 1 aromatic carbocycles. The summed E-state index contributed by atoms with van der Waals surface area (Å²) in [6.07, 6.45) is 0.825. The van der Waals surface area contributed by atoms with Crippen LogP contribution < -0.4 is 10.1 Å². The molecule has 28 heavy (non-hydrogen) atoms. The number of benzene rings is 1. The van der Waals surface area contributed by atoms with Crippen molar-refractivity contribution >= 4 is 17.8 Å². The molecule has 1 aliphatic rings. The van der Waals surface area contributed by atoms with Gasteiger partial charge in [-0.1, -0.05) is 20.8 Å². The summed E-state index contributed by atoms with van der Waals surface area (Å²) in [6.45, 7) is 8.88. The van der Waals surface area contributed by atoms with Crippen LogP contribution in [0.1, 0.15) is 50.9 Å². The highest BCUT2D eigenvalue weighted by molar-refractivity contribution is 5.99. The molecule has 1 heterocycles. The van der Waals surface area contributed by atoms with Gasteiger partial charge in [0.2, 0.25) is 5.91 Å². The van der Waals surface area contributed by atoms with Gasteiger partial charge in [0.25, 0.3) is 5.91 Å². The summed E-state index contributed by atoms with van der Waals surface area (Å²) in [5.74, 6) is -0.204. The van der Waals surface area contributed by atoms with Gasteiger partial charge in [-0.3, -0.25) is 14.4 Å². The Bertz CT molecular complexity index is 687. The molecule has 0 spiro atoms. The van der Waals surface area contributed by atoms with Crippen LogP contribution in [0.3, 0.4) is 0 Å². The van der Waals surface area contributed by atoms with Gasteiger partial charge in [-0.15, -0.1) is 0 Å². The molecule has 2 rings (SSSR count). The van der Waals surface area contributed by atoms with Crippen molar-refractivity contribution in [1.82, 2.24) is 10.2 Å². The standard InChI is InChI=1S/C21H30N2O5/c1-5-15(4)28-17-8-6-16(7-9-17)21(26)23-11-10-22-20(25)18(23)12-19(24)27-13-14(2)3/h6-9,14-15,18H,5,10-13H2,1-4H3,(H,22,25). The number of ether oxygens (including phenoxy) is 2. The van der Waals surface area contributed by atoms with E-state index in [0.717, 1.165) is 6.42 Å². The summed E-state index contributed by atoms with van der Waals surface area (Å²) in [4.78, 5) is 38.8. The molecule has 154 valence electrons.